The van der Waals surface area contributed by atoms with Crippen molar-refractivity contribution < 1.29 is 0 Å². The van der Waals surface area contributed by atoms with E-state index in [4.69, 9.17) is 28.9 Å². The quantitative estimate of drug-likeness (QED) is 0.785. The van der Waals surface area contributed by atoms with Crippen molar-refractivity contribution in [3.05, 3.63) is 34.8 Å². The number of nitrogens with zero attached hydrogens (tertiary/aromatic N) is 4. The van der Waals surface area contributed by atoms with E-state index < -0.39 is 0 Å². The van der Waals surface area contributed by atoms with Crippen molar-refractivity contribution in [1.29, 1.82) is 0 Å². The van der Waals surface area contributed by atoms with Crippen LogP contribution in [0.2, 0.25) is 10.0 Å². The van der Waals surface area contributed by atoms with Crippen LogP contribution in [0.25, 0.3) is 17.0 Å². The van der Waals surface area contributed by atoms with Crippen molar-refractivity contribution in [2.45, 2.75) is 19.9 Å². The Labute approximate surface area is 126 Å². The molecule has 0 unspecified atom stereocenters. The van der Waals surface area contributed by atoms with E-state index in [0.717, 1.165) is 5.69 Å². The van der Waals surface area contributed by atoms with E-state index in [1.54, 1.807) is 29.2 Å². The summed E-state index contributed by atoms with van der Waals surface area (Å²) in [5.41, 5.74) is 8.27. The Bertz CT molecular complexity index is 788. The average molecular weight is 310 g/mol. The van der Waals surface area contributed by atoms with E-state index in [1.807, 2.05) is 4.57 Å². The minimum Gasteiger partial charge on any atom is -0.383 e. The Kier molecular flexibility index (Phi) is 3.11. The number of nitrogen functional groups attached to an aromatic ring is 1. The summed E-state index contributed by atoms with van der Waals surface area (Å²) in [5.74, 6) is 0.492. The number of anilines is 1. The van der Waals surface area contributed by atoms with Crippen LogP contribution in [0.3, 0.4) is 0 Å². The first-order chi connectivity index (χ1) is 9.49. The van der Waals surface area contributed by atoms with Crippen LogP contribution in [-0.4, -0.2) is 18.9 Å². The van der Waals surface area contributed by atoms with E-state index in [2.05, 4.69) is 23.8 Å². The number of rotatable bonds is 2. The maximum Gasteiger partial charge on any atom is 0.158 e. The van der Waals surface area contributed by atoms with E-state index in [1.165, 1.54) is 0 Å². The third-order valence-electron chi connectivity index (χ3n) is 3.14. The minimum absolute atomic E-state index is 0.260. The lowest BCUT2D eigenvalue weighted by atomic mass is 10.3. The molecule has 7 heteroatoms. The summed E-state index contributed by atoms with van der Waals surface area (Å²) in [4.78, 5) is 8.70. The summed E-state index contributed by atoms with van der Waals surface area (Å²) in [7, 11) is 0. The number of hydrogen-bond donors (Lipinski definition) is 1. The second-order valence-corrected chi connectivity index (χ2v) is 5.67. The van der Waals surface area contributed by atoms with Gasteiger partial charge in [-0.15, -0.1) is 0 Å². The smallest absolute Gasteiger partial charge is 0.158 e. The summed E-state index contributed by atoms with van der Waals surface area (Å²) < 4.78 is 3.70. The molecule has 0 atom stereocenters. The maximum atomic E-state index is 6.18. The largest absolute Gasteiger partial charge is 0.383 e. The first-order valence-electron chi connectivity index (χ1n) is 6.14. The van der Waals surface area contributed by atoms with Crippen LogP contribution in [0.15, 0.2) is 24.8 Å². The molecule has 0 saturated carbocycles. The lowest BCUT2D eigenvalue weighted by Crippen LogP contribution is -2.02. The number of pyridine rings is 1. The second-order valence-electron chi connectivity index (χ2n) is 4.83. The van der Waals surface area contributed by atoms with Gasteiger partial charge in [0.25, 0.3) is 0 Å². The molecule has 20 heavy (non-hydrogen) atoms. The first kappa shape index (κ1) is 13.3. The van der Waals surface area contributed by atoms with Crippen LogP contribution in [-0.2, 0) is 0 Å². The van der Waals surface area contributed by atoms with Gasteiger partial charge in [0.15, 0.2) is 5.65 Å². The molecule has 3 aromatic rings. The van der Waals surface area contributed by atoms with Gasteiger partial charge in [-0.3, -0.25) is 4.40 Å². The molecule has 0 aliphatic rings. The van der Waals surface area contributed by atoms with Gasteiger partial charge in [0.2, 0.25) is 0 Å². The molecule has 0 spiro atoms. The summed E-state index contributed by atoms with van der Waals surface area (Å²) in [5, 5.41) is 0.974. The maximum absolute atomic E-state index is 6.18. The highest BCUT2D eigenvalue weighted by Crippen LogP contribution is 2.31. The highest BCUT2D eigenvalue weighted by atomic mass is 35.5. The van der Waals surface area contributed by atoms with Crippen LogP contribution >= 0.6 is 23.2 Å². The van der Waals surface area contributed by atoms with Crippen LogP contribution in [0.1, 0.15) is 19.9 Å². The third kappa shape index (κ3) is 1.94. The molecule has 3 heterocycles. The van der Waals surface area contributed by atoms with Crippen LogP contribution < -0.4 is 5.73 Å². The van der Waals surface area contributed by atoms with Gasteiger partial charge in [-0.25, -0.2) is 9.97 Å². The van der Waals surface area contributed by atoms with Crippen LogP contribution in [0, 0.1) is 0 Å². The Hall–Kier alpha value is -1.72. The molecule has 0 aromatic carbocycles. The molecule has 0 bridgehead atoms. The van der Waals surface area contributed by atoms with Gasteiger partial charge in [-0.2, -0.15) is 0 Å². The third-order valence-corrected chi connectivity index (χ3v) is 3.63. The fraction of sp³-hybridized carbons (Fsp3) is 0.231. The van der Waals surface area contributed by atoms with Crippen molar-refractivity contribution in [3.63, 3.8) is 0 Å². The number of nitrogens with two attached hydrogens (primary N) is 1. The molecular formula is C13H13Cl2N5. The van der Waals surface area contributed by atoms with E-state index in [0.29, 0.717) is 27.2 Å². The van der Waals surface area contributed by atoms with Gasteiger partial charge in [0.1, 0.15) is 11.5 Å². The molecule has 0 saturated heterocycles. The summed E-state index contributed by atoms with van der Waals surface area (Å²) in [6.07, 6.45) is 5.20. The fourth-order valence-corrected chi connectivity index (χ4v) is 2.69. The molecule has 3 aromatic heterocycles. The van der Waals surface area contributed by atoms with Gasteiger partial charge in [0, 0.05) is 12.2 Å². The van der Waals surface area contributed by atoms with Crippen LogP contribution in [0.5, 0.6) is 0 Å². The van der Waals surface area contributed by atoms with E-state index in [9.17, 15) is 0 Å². The standard InChI is InChI=1S/C13H13Cl2N5/c1-7(2)20-6-17-4-10(20)11-12(16)19-5-8(14)3-9(15)13(19)18-11/h3-7H,16H2,1-2H3. The monoisotopic (exact) mass is 309 g/mol. The molecule has 3 rings (SSSR count). The predicted molar refractivity (Wildman–Crippen MR) is 81.2 cm³/mol. The van der Waals surface area contributed by atoms with Gasteiger partial charge in [-0.1, -0.05) is 23.2 Å². The number of imidazole rings is 2. The lowest BCUT2D eigenvalue weighted by Gasteiger charge is -2.10. The minimum atomic E-state index is 0.260. The molecule has 104 valence electrons. The first-order valence-corrected chi connectivity index (χ1v) is 6.89. The molecule has 0 amide bonds. The molecular weight excluding hydrogens is 297 g/mol. The molecule has 0 aliphatic carbocycles. The van der Waals surface area contributed by atoms with Gasteiger partial charge in [0.05, 0.1) is 28.3 Å². The zero-order chi connectivity index (χ0) is 14.4. The summed E-state index contributed by atoms with van der Waals surface area (Å²) >= 11 is 12.2. The van der Waals surface area contributed by atoms with Crippen LogP contribution in [0.4, 0.5) is 5.82 Å². The fourth-order valence-electron chi connectivity index (χ4n) is 2.18. The summed E-state index contributed by atoms with van der Waals surface area (Å²) in [6, 6.07) is 1.91. The Balaban J connectivity index is 2.30. The Morgan fingerprint density at radius 3 is 2.75 bits per heavy atom. The Morgan fingerprint density at radius 2 is 2.05 bits per heavy atom. The highest BCUT2D eigenvalue weighted by Gasteiger charge is 2.18. The SMILES string of the molecule is CC(C)n1cncc1-c1nc2c(Cl)cc(Cl)cn2c1N. The number of aromatic nitrogens is 4. The molecule has 5 nitrogen and oxygen atoms in total. The van der Waals surface area contributed by atoms with Gasteiger partial charge in [-0.05, 0) is 19.9 Å². The summed E-state index contributed by atoms with van der Waals surface area (Å²) in [6.45, 7) is 4.14. The second kappa shape index (κ2) is 4.68. The van der Waals surface area contributed by atoms with Crippen molar-refractivity contribution in [3.8, 4) is 11.4 Å². The highest BCUT2D eigenvalue weighted by molar-refractivity contribution is 6.36. The normalized spacial score (nSPS) is 11.7. The number of fused-ring (bicyclic) bond motifs is 1. The average Bonchev–Trinajstić information content (AvgIpc) is 2.95. The van der Waals surface area contributed by atoms with Crippen molar-refractivity contribution >= 4 is 34.7 Å². The zero-order valence-corrected chi connectivity index (χ0v) is 12.5. The zero-order valence-electron chi connectivity index (χ0n) is 11.0. The number of halogens is 2. The van der Waals surface area contributed by atoms with Crippen molar-refractivity contribution in [2.75, 3.05) is 5.73 Å². The lowest BCUT2D eigenvalue weighted by molar-refractivity contribution is 0.605. The van der Waals surface area contributed by atoms with Crippen molar-refractivity contribution in [2.24, 2.45) is 0 Å². The molecule has 2 N–H and O–H groups in total. The van der Waals surface area contributed by atoms with Gasteiger partial charge < -0.3 is 10.3 Å². The predicted octanol–water partition coefficient (Wildman–Crippen LogP) is 3.67. The van der Waals surface area contributed by atoms with E-state index >= 15 is 0 Å². The van der Waals surface area contributed by atoms with Crippen molar-refractivity contribution in [1.82, 2.24) is 18.9 Å². The van der Waals surface area contributed by atoms with Gasteiger partial charge >= 0.3 is 0 Å². The molecule has 0 fully saturated rings. The molecule has 0 radical (unpaired) electrons. The topological polar surface area (TPSA) is 61.1 Å². The number of hydrogen-bond acceptors (Lipinski definition) is 3. The molecule has 0 aliphatic heterocycles. The Morgan fingerprint density at radius 1 is 1.30 bits per heavy atom. The van der Waals surface area contributed by atoms with E-state index in [-0.39, 0.29) is 6.04 Å².